The number of aromatic hydroxyl groups is 2. The first-order chi connectivity index (χ1) is 11.0. The number of hydrogen-bond donors (Lipinski definition) is 3. The van der Waals surface area contributed by atoms with Gasteiger partial charge in [-0.1, -0.05) is 24.3 Å². The minimum Gasteiger partial charge on any atom is -0.512 e. The number of phenolic OH excluding ortho intramolecular Hbond substituents is 2. The van der Waals surface area contributed by atoms with Gasteiger partial charge >= 0.3 is 0 Å². The topological polar surface area (TPSA) is 94.8 Å². The lowest BCUT2D eigenvalue weighted by molar-refractivity contribution is 0.0973. The molecule has 0 saturated carbocycles. The summed E-state index contributed by atoms with van der Waals surface area (Å²) < 4.78 is 0. The summed E-state index contributed by atoms with van der Waals surface area (Å²) in [6.07, 6.45) is 1.72. The Balaban J connectivity index is 2.07. The van der Waals surface area contributed by atoms with Crippen LogP contribution in [0.4, 0.5) is 0 Å². The van der Waals surface area contributed by atoms with Crippen LogP contribution >= 0.6 is 0 Å². The summed E-state index contributed by atoms with van der Waals surface area (Å²) in [6.45, 7) is 0. The Kier molecular flexibility index (Phi) is 2.63. The molecule has 5 nitrogen and oxygen atoms in total. The van der Waals surface area contributed by atoms with Gasteiger partial charge < -0.3 is 15.3 Å². The summed E-state index contributed by atoms with van der Waals surface area (Å²) in [4.78, 5) is 25.4. The van der Waals surface area contributed by atoms with Crippen LogP contribution in [0, 0.1) is 0 Å². The second-order valence-corrected chi connectivity index (χ2v) is 5.68. The number of phenols is 2. The molecule has 2 aliphatic carbocycles. The zero-order valence-corrected chi connectivity index (χ0v) is 12.0. The summed E-state index contributed by atoms with van der Waals surface area (Å²) in [7, 11) is 0. The van der Waals surface area contributed by atoms with Crippen LogP contribution in [0.25, 0.3) is 0 Å². The van der Waals surface area contributed by atoms with Crippen molar-refractivity contribution in [3.63, 3.8) is 0 Å². The van der Waals surface area contributed by atoms with Gasteiger partial charge in [-0.15, -0.1) is 0 Å². The van der Waals surface area contributed by atoms with Gasteiger partial charge in [-0.2, -0.15) is 0 Å². The highest BCUT2D eigenvalue weighted by atomic mass is 16.3. The third-order valence-corrected chi connectivity index (χ3v) is 4.43. The maximum atomic E-state index is 12.7. The third-order valence-electron chi connectivity index (χ3n) is 4.43. The summed E-state index contributed by atoms with van der Waals surface area (Å²) in [5.74, 6) is -1.55. The summed E-state index contributed by atoms with van der Waals surface area (Å²) >= 11 is 0. The van der Waals surface area contributed by atoms with Gasteiger partial charge in [0.25, 0.3) is 0 Å². The van der Waals surface area contributed by atoms with Crippen molar-refractivity contribution < 1.29 is 24.9 Å². The Morgan fingerprint density at radius 1 is 0.783 bits per heavy atom. The molecule has 0 atom stereocenters. The van der Waals surface area contributed by atoms with Crippen LogP contribution in [0.15, 0.2) is 36.1 Å². The standard InChI is InChI=1S/C18H12O5/c19-8-5-6-11-12(7-8)18(23)14-13(17(11)22)15(20)9-3-1-2-4-10(9)16(14)21/h1-5,19,22-23H,6-7H2. The molecule has 0 spiro atoms. The van der Waals surface area contributed by atoms with Gasteiger partial charge in [0, 0.05) is 28.7 Å². The minimum absolute atomic E-state index is 0.0190. The van der Waals surface area contributed by atoms with Gasteiger partial charge in [-0.3, -0.25) is 9.59 Å². The lowest BCUT2D eigenvalue weighted by atomic mass is 9.79. The summed E-state index contributed by atoms with van der Waals surface area (Å²) in [6, 6.07) is 6.33. The first-order valence-corrected chi connectivity index (χ1v) is 7.16. The second kappa shape index (κ2) is 4.46. The molecule has 0 amide bonds. The third kappa shape index (κ3) is 1.67. The van der Waals surface area contributed by atoms with Crippen LogP contribution in [0.5, 0.6) is 11.5 Å². The molecule has 0 heterocycles. The van der Waals surface area contributed by atoms with E-state index in [1.165, 1.54) is 18.2 Å². The van der Waals surface area contributed by atoms with E-state index in [0.29, 0.717) is 11.1 Å². The molecule has 114 valence electrons. The SMILES string of the molecule is O=C1c2ccccc2C(=O)c2c(O)c3c(c(O)c21)CC=C(O)C3. The van der Waals surface area contributed by atoms with E-state index in [-0.39, 0.29) is 52.4 Å². The van der Waals surface area contributed by atoms with E-state index in [1.54, 1.807) is 12.1 Å². The predicted molar refractivity (Wildman–Crippen MR) is 81.2 cm³/mol. The van der Waals surface area contributed by atoms with E-state index in [2.05, 4.69) is 0 Å². The average molecular weight is 308 g/mol. The molecule has 23 heavy (non-hydrogen) atoms. The van der Waals surface area contributed by atoms with Gasteiger partial charge in [-0.25, -0.2) is 0 Å². The molecule has 4 rings (SSSR count). The van der Waals surface area contributed by atoms with Crippen LogP contribution in [0.2, 0.25) is 0 Å². The van der Waals surface area contributed by atoms with Crippen molar-refractivity contribution in [1.82, 2.24) is 0 Å². The molecule has 0 aliphatic heterocycles. The maximum Gasteiger partial charge on any atom is 0.198 e. The molecule has 0 saturated heterocycles. The minimum atomic E-state index is -0.500. The van der Waals surface area contributed by atoms with E-state index >= 15 is 0 Å². The molecule has 2 aliphatic rings. The highest BCUT2D eigenvalue weighted by molar-refractivity contribution is 6.30. The highest BCUT2D eigenvalue weighted by Crippen LogP contribution is 2.44. The summed E-state index contributed by atoms with van der Waals surface area (Å²) in [5.41, 5.74) is 0.754. The van der Waals surface area contributed by atoms with Crippen molar-refractivity contribution in [1.29, 1.82) is 0 Å². The molecule has 3 N–H and O–H groups in total. The Labute approximate surface area is 131 Å². The highest BCUT2D eigenvalue weighted by Gasteiger charge is 2.37. The van der Waals surface area contributed by atoms with Gasteiger partial charge in [-0.05, 0) is 12.5 Å². The molecule has 0 unspecified atom stereocenters. The zero-order valence-electron chi connectivity index (χ0n) is 12.0. The number of aliphatic hydroxyl groups excluding tert-OH is 1. The zero-order chi connectivity index (χ0) is 16.3. The first kappa shape index (κ1) is 13.6. The molecule has 0 radical (unpaired) electrons. The van der Waals surface area contributed by atoms with Crippen LogP contribution in [0.1, 0.15) is 43.0 Å². The molecule has 0 aromatic heterocycles. The Morgan fingerprint density at radius 2 is 1.30 bits per heavy atom. The van der Waals surface area contributed by atoms with Gasteiger partial charge in [0.15, 0.2) is 11.6 Å². The van der Waals surface area contributed by atoms with Crippen LogP contribution in [-0.4, -0.2) is 26.9 Å². The van der Waals surface area contributed by atoms with Gasteiger partial charge in [0.1, 0.15) is 11.5 Å². The van der Waals surface area contributed by atoms with Gasteiger partial charge in [0.2, 0.25) is 0 Å². The van der Waals surface area contributed by atoms with Crippen LogP contribution in [0.3, 0.4) is 0 Å². The molecular weight excluding hydrogens is 296 g/mol. The number of ketones is 2. The molecule has 2 aromatic carbocycles. The fraction of sp³-hybridized carbons (Fsp3) is 0.111. The number of carbonyl (C=O) groups is 2. The van der Waals surface area contributed by atoms with Crippen molar-refractivity contribution in [2.45, 2.75) is 12.8 Å². The van der Waals surface area contributed by atoms with E-state index in [4.69, 9.17) is 0 Å². The quantitative estimate of drug-likeness (QED) is 0.554. The Bertz CT molecular complexity index is 937. The Hall–Kier alpha value is -3.08. The fourth-order valence-corrected chi connectivity index (χ4v) is 3.30. The smallest absolute Gasteiger partial charge is 0.198 e. The molecule has 0 bridgehead atoms. The largest absolute Gasteiger partial charge is 0.512 e. The molecule has 0 fully saturated rings. The number of aliphatic hydroxyl groups is 1. The molecule has 5 heteroatoms. The normalized spacial score (nSPS) is 15.6. The van der Waals surface area contributed by atoms with Crippen LogP contribution in [-0.2, 0) is 12.8 Å². The number of benzene rings is 2. The van der Waals surface area contributed by atoms with Crippen molar-refractivity contribution in [2.24, 2.45) is 0 Å². The van der Waals surface area contributed by atoms with Crippen molar-refractivity contribution in [3.05, 3.63) is 69.5 Å². The monoisotopic (exact) mass is 308 g/mol. The fourth-order valence-electron chi connectivity index (χ4n) is 3.30. The lowest BCUT2D eigenvalue weighted by Crippen LogP contribution is -2.23. The number of carbonyl (C=O) groups excluding carboxylic acids is 2. The summed E-state index contributed by atoms with van der Waals surface area (Å²) in [5, 5.41) is 30.7. The number of rotatable bonds is 0. The van der Waals surface area contributed by atoms with Crippen molar-refractivity contribution in [3.8, 4) is 11.5 Å². The number of fused-ring (bicyclic) bond motifs is 3. The first-order valence-electron chi connectivity index (χ1n) is 7.16. The maximum absolute atomic E-state index is 12.7. The van der Waals surface area contributed by atoms with Crippen molar-refractivity contribution >= 4 is 11.6 Å². The average Bonchev–Trinajstić information content (AvgIpc) is 2.56. The van der Waals surface area contributed by atoms with Gasteiger partial charge in [0.05, 0.1) is 16.9 Å². The molecular formula is C18H12O5. The van der Waals surface area contributed by atoms with Crippen LogP contribution < -0.4 is 0 Å². The van der Waals surface area contributed by atoms with Crippen molar-refractivity contribution in [2.75, 3.05) is 0 Å². The predicted octanol–water partition coefficient (Wildman–Crippen LogP) is 2.41. The number of allylic oxidation sites excluding steroid dienone is 2. The van der Waals surface area contributed by atoms with E-state index in [1.807, 2.05) is 0 Å². The number of hydrogen-bond acceptors (Lipinski definition) is 5. The van der Waals surface area contributed by atoms with E-state index in [0.717, 1.165) is 0 Å². The Morgan fingerprint density at radius 3 is 1.87 bits per heavy atom. The second-order valence-electron chi connectivity index (χ2n) is 5.68. The van der Waals surface area contributed by atoms with E-state index in [9.17, 15) is 24.9 Å². The van der Waals surface area contributed by atoms with E-state index < -0.39 is 11.6 Å². The molecule has 2 aromatic rings. The lowest BCUT2D eigenvalue weighted by Gasteiger charge is -2.25.